The molecule has 2 aromatic carbocycles. The smallest absolute Gasteiger partial charge is 0.230 e. The van der Waals surface area contributed by atoms with Gasteiger partial charge in [0.15, 0.2) is 0 Å². The number of carbonyl (C=O) groups is 1. The van der Waals surface area contributed by atoms with Crippen LogP contribution in [0.1, 0.15) is 41.0 Å². The fourth-order valence-electron chi connectivity index (χ4n) is 3.31. The van der Waals surface area contributed by atoms with Gasteiger partial charge in [0.1, 0.15) is 0 Å². The zero-order valence-electron chi connectivity index (χ0n) is 13.3. The maximum atomic E-state index is 12.9. The quantitative estimate of drug-likeness (QED) is 0.869. The highest BCUT2D eigenvalue weighted by Gasteiger charge is 2.28. The van der Waals surface area contributed by atoms with E-state index < -0.39 is 0 Å². The highest BCUT2D eigenvalue weighted by molar-refractivity contribution is 5.84. The van der Waals surface area contributed by atoms with E-state index in [-0.39, 0.29) is 11.8 Å². The average molecular weight is 304 g/mol. The molecule has 0 N–H and O–H groups in total. The predicted octanol–water partition coefficient (Wildman–Crippen LogP) is 3.64. The van der Waals surface area contributed by atoms with Crippen molar-refractivity contribution in [2.45, 2.75) is 31.7 Å². The molecule has 0 aromatic heterocycles. The van der Waals surface area contributed by atoms with Gasteiger partial charge >= 0.3 is 0 Å². The Labute approximate surface area is 137 Å². The van der Waals surface area contributed by atoms with Gasteiger partial charge in [0.25, 0.3) is 0 Å². The molecule has 0 spiro atoms. The minimum absolute atomic E-state index is 0.0247. The molecule has 3 nitrogen and oxygen atoms in total. The Morgan fingerprint density at radius 1 is 1.22 bits per heavy atom. The topological polar surface area (TPSA) is 44.1 Å². The number of rotatable bonds is 3. The van der Waals surface area contributed by atoms with Crippen molar-refractivity contribution in [1.82, 2.24) is 4.90 Å². The summed E-state index contributed by atoms with van der Waals surface area (Å²) < 4.78 is 0. The van der Waals surface area contributed by atoms with Gasteiger partial charge in [-0.3, -0.25) is 4.79 Å². The van der Waals surface area contributed by atoms with Gasteiger partial charge < -0.3 is 4.90 Å². The molecular formula is C20H20N2O. The molecule has 0 fully saturated rings. The van der Waals surface area contributed by atoms with Crippen molar-refractivity contribution < 1.29 is 4.79 Å². The van der Waals surface area contributed by atoms with Gasteiger partial charge in [-0.1, -0.05) is 36.4 Å². The standard InChI is InChI=1S/C20H20N2O/c1-22(14-16-11-9-15(13-21)10-12-16)20(23)19-8-4-6-17-5-2-3-7-18(17)19/h2-3,5,7,9-12,19H,4,6,8,14H2,1H3. The van der Waals surface area contributed by atoms with Crippen molar-refractivity contribution >= 4 is 5.91 Å². The van der Waals surface area contributed by atoms with E-state index in [0.29, 0.717) is 12.1 Å². The summed E-state index contributed by atoms with van der Waals surface area (Å²) in [5, 5.41) is 8.85. The number of hydrogen-bond donors (Lipinski definition) is 0. The number of amides is 1. The van der Waals surface area contributed by atoms with Crippen LogP contribution < -0.4 is 0 Å². The molecule has 0 radical (unpaired) electrons. The fraction of sp³-hybridized carbons (Fsp3) is 0.300. The van der Waals surface area contributed by atoms with E-state index in [1.807, 2.05) is 31.3 Å². The van der Waals surface area contributed by atoms with Crippen molar-refractivity contribution in [3.63, 3.8) is 0 Å². The number of nitriles is 1. The molecule has 1 atom stereocenters. The van der Waals surface area contributed by atoms with Gasteiger partial charge in [0, 0.05) is 13.6 Å². The SMILES string of the molecule is CN(Cc1ccc(C#N)cc1)C(=O)C1CCCc2ccccc21. The lowest BCUT2D eigenvalue weighted by Crippen LogP contribution is -2.33. The second-order valence-electron chi connectivity index (χ2n) is 6.15. The third kappa shape index (κ3) is 3.27. The van der Waals surface area contributed by atoms with Crippen LogP contribution in [0.2, 0.25) is 0 Å². The van der Waals surface area contributed by atoms with Gasteiger partial charge in [0.2, 0.25) is 5.91 Å². The maximum absolute atomic E-state index is 12.9. The Kier molecular flexibility index (Phi) is 4.43. The lowest BCUT2D eigenvalue weighted by Gasteiger charge is -2.28. The van der Waals surface area contributed by atoms with Crippen LogP contribution >= 0.6 is 0 Å². The zero-order valence-corrected chi connectivity index (χ0v) is 13.3. The summed E-state index contributed by atoms with van der Waals surface area (Å²) >= 11 is 0. The first-order valence-corrected chi connectivity index (χ1v) is 8.01. The summed E-state index contributed by atoms with van der Waals surface area (Å²) in [6.07, 6.45) is 3.06. The normalized spacial score (nSPS) is 16.3. The Balaban J connectivity index is 1.74. The first-order valence-electron chi connectivity index (χ1n) is 8.01. The van der Waals surface area contributed by atoms with E-state index in [1.54, 1.807) is 17.0 Å². The molecule has 0 bridgehead atoms. The van der Waals surface area contributed by atoms with Gasteiger partial charge in [0.05, 0.1) is 17.6 Å². The number of nitrogens with zero attached hydrogens (tertiary/aromatic N) is 2. The van der Waals surface area contributed by atoms with E-state index >= 15 is 0 Å². The van der Waals surface area contributed by atoms with E-state index in [4.69, 9.17) is 5.26 Å². The Hall–Kier alpha value is -2.60. The number of benzene rings is 2. The van der Waals surface area contributed by atoms with Crippen LogP contribution in [0.4, 0.5) is 0 Å². The van der Waals surface area contributed by atoms with Crippen LogP contribution in [-0.4, -0.2) is 17.9 Å². The van der Waals surface area contributed by atoms with E-state index in [2.05, 4.69) is 18.2 Å². The summed E-state index contributed by atoms with van der Waals surface area (Å²) in [7, 11) is 1.86. The summed E-state index contributed by atoms with van der Waals surface area (Å²) in [4.78, 5) is 14.7. The first kappa shape index (κ1) is 15.3. The third-order valence-corrected chi connectivity index (χ3v) is 4.55. The fourth-order valence-corrected chi connectivity index (χ4v) is 3.31. The zero-order chi connectivity index (χ0) is 16.2. The molecule has 1 amide bonds. The van der Waals surface area contributed by atoms with Crippen LogP contribution in [0.25, 0.3) is 0 Å². The molecule has 3 heteroatoms. The highest BCUT2D eigenvalue weighted by Crippen LogP contribution is 2.32. The molecular weight excluding hydrogens is 284 g/mol. The van der Waals surface area contributed by atoms with Crippen LogP contribution in [0.15, 0.2) is 48.5 Å². The summed E-state index contributed by atoms with van der Waals surface area (Å²) in [6.45, 7) is 0.573. The molecule has 23 heavy (non-hydrogen) atoms. The second kappa shape index (κ2) is 6.66. The van der Waals surface area contributed by atoms with Crippen LogP contribution in [0.5, 0.6) is 0 Å². The van der Waals surface area contributed by atoms with Crippen molar-refractivity contribution in [3.05, 3.63) is 70.8 Å². The highest BCUT2D eigenvalue weighted by atomic mass is 16.2. The summed E-state index contributed by atoms with van der Waals surface area (Å²) in [5.74, 6) is 0.157. The Bertz CT molecular complexity index is 743. The van der Waals surface area contributed by atoms with Crippen molar-refractivity contribution in [2.75, 3.05) is 7.05 Å². The monoisotopic (exact) mass is 304 g/mol. The van der Waals surface area contributed by atoms with Gasteiger partial charge in [-0.15, -0.1) is 0 Å². The maximum Gasteiger partial charge on any atom is 0.230 e. The summed E-state index contributed by atoms with van der Waals surface area (Å²) in [5.41, 5.74) is 4.19. The second-order valence-corrected chi connectivity index (χ2v) is 6.15. The van der Waals surface area contributed by atoms with E-state index in [0.717, 1.165) is 24.8 Å². The van der Waals surface area contributed by atoms with E-state index in [9.17, 15) is 4.79 Å². The molecule has 0 heterocycles. The molecule has 0 aliphatic heterocycles. The molecule has 1 unspecified atom stereocenters. The number of carbonyl (C=O) groups excluding carboxylic acids is 1. The minimum atomic E-state index is -0.0247. The average Bonchev–Trinajstić information content (AvgIpc) is 2.61. The Morgan fingerprint density at radius 3 is 2.70 bits per heavy atom. The molecule has 1 aliphatic rings. The summed E-state index contributed by atoms with van der Waals surface area (Å²) in [6, 6.07) is 17.8. The van der Waals surface area contributed by atoms with Gasteiger partial charge in [-0.2, -0.15) is 5.26 Å². The number of likely N-dealkylation sites (N-methyl/N-ethyl adjacent to an activating group) is 1. The molecule has 3 rings (SSSR count). The van der Waals surface area contributed by atoms with Crippen molar-refractivity contribution in [2.24, 2.45) is 0 Å². The van der Waals surface area contributed by atoms with Gasteiger partial charge in [-0.25, -0.2) is 0 Å². The van der Waals surface area contributed by atoms with Crippen LogP contribution in [0.3, 0.4) is 0 Å². The van der Waals surface area contributed by atoms with Crippen molar-refractivity contribution in [3.8, 4) is 6.07 Å². The van der Waals surface area contributed by atoms with Crippen molar-refractivity contribution in [1.29, 1.82) is 5.26 Å². The van der Waals surface area contributed by atoms with Crippen LogP contribution in [0, 0.1) is 11.3 Å². The predicted molar refractivity (Wildman–Crippen MR) is 89.8 cm³/mol. The largest absolute Gasteiger partial charge is 0.341 e. The van der Waals surface area contributed by atoms with Gasteiger partial charge in [-0.05, 0) is 48.1 Å². The first-order chi connectivity index (χ1) is 11.2. The lowest BCUT2D eigenvalue weighted by atomic mass is 9.82. The number of aryl methyl sites for hydroxylation is 1. The molecule has 0 saturated heterocycles. The number of hydrogen-bond acceptors (Lipinski definition) is 2. The Morgan fingerprint density at radius 2 is 1.96 bits per heavy atom. The lowest BCUT2D eigenvalue weighted by molar-refractivity contribution is -0.132. The van der Waals surface area contributed by atoms with E-state index in [1.165, 1.54) is 11.1 Å². The minimum Gasteiger partial charge on any atom is -0.341 e. The molecule has 116 valence electrons. The number of fused-ring (bicyclic) bond motifs is 1. The molecule has 2 aromatic rings. The molecule has 1 aliphatic carbocycles. The van der Waals surface area contributed by atoms with Crippen LogP contribution in [-0.2, 0) is 17.8 Å². The third-order valence-electron chi connectivity index (χ3n) is 4.55. The molecule has 0 saturated carbocycles.